The van der Waals surface area contributed by atoms with Gasteiger partial charge in [-0.05, 0) is 38.1 Å². The average molecular weight is 365 g/mol. The van der Waals surface area contributed by atoms with Gasteiger partial charge in [-0.3, -0.25) is 15.1 Å². The van der Waals surface area contributed by atoms with Gasteiger partial charge in [-0.1, -0.05) is 6.07 Å². The molecule has 0 aliphatic heterocycles. The first-order valence-electron chi connectivity index (χ1n) is 8.34. The molecule has 3 heterocycles. The minimum Gasteiger partial charge on any atom is -0.392 e. The second kappa shape index (κ2) is 8.28. The lowest BCUT2D eigenvalue weighted by Crippen LogP contribution is -2.17. The molecule has 0 saturated carbocycles. The van der Waals surface area contributed by atoms with Gasteiger partial charge in [0.25, 0.3) is 5.91 Å². The van der Waals surface area contributed by atoms with Crippen molar-refractivity contribution in [3.05, 3.63) is 54.1 Å². The molecule has 0 bridgehead atoms. The van der Waals surface area contributed by atoms with Gasteiger partial charge in [0, 0.05) is 18.9 Å². The topological polar surface area (TPSA) is 126 Å². The van der Waals surface area contributed by atoms with E-state index in [1.54, 1.807) is 44.3 Å². The van der Waals surface area contributed by atoms with Crippen LogP contribution in [0.3, 0.4) is 0 Å². The van der Waals surface area contributed by atoms with E-state index < -0.39 is 6.10 Å². The van der Waals surface area contributed by atoms with Gasteiger partial charge in [0.15, 0.2) is 5.82 Å². The lowest BCUT2D eigenvalue weighted by Gasteiger charge is -2.09. The van der Waals surface area contributed by atoms with E-state index in [4.69, 9.17) is 0 Å². The van der Waals surface area contributed by atoms with Crippen LogP contribution in [0.4, 0.5) is 11.8 Å². The summed E-state index contributed by atoms with van der Waals surface area (Å²) in [6, 6.07) is 8.70. The molecule has 3 N–H and O–H groups in total. The van der Waals surface area contributed by atoms with E-state index in [1.165, 1.54) is 6.20 Å². The summed E-state index contributed by atoms with van der Waals surface area (Å²) in [6.07, 6.45) is 2.59. The molecule has 0 radical (unpaired) electrons. The van der Waals surface area contributed by atoms with E-state index in [0.29, 0.717) is 35.3 Å². The minimum absolute atomic E-state index is 0.143. The molecule has 0 saturated heterocycles. The van der Waals surface area contributed by atoms with Crippen molar-refractivity contribution in [2.75, 3.05) is 17.2 Å². The number of aryl methyl sites for hydroxylation is 1. The quantitative estimate of drug-likeness (QED) is 0.602. The second-order valence-corrected chi connectivity index (χ2v) is 5.86. The number of amides is 1. The molecule has 27 heavy (non-hydrogen) atoms. The van der Waals surface area contributed by atoms with Crippen molar-refractivity contribution in [1.29, 1.82) is 0 Å². The molecule has 1 atom stereocenters. The van der Waals surface area contributed by atoms with Crippen LogP contribution in [0.2, 0.25) is 0 Å². The lowest BCUT2D eigenvalue weighted by molar-refractivity contribution is 0.102. The van der Waals surface area contributed by atoms with Crippen LogP contribution in [0.15, 0.2) is 42.7 Å². The molecule has 0 aliphatic carbocycles. The van der Waals surface area contributed by atoms with Gasteiger partial charge in [0.05, 0.1) is 11.7 Å². The standard InChI is InChI=1S/C18H19N7O2/c1-11(26)9-20-15-7-6-13(10-21-15)17(27)25-18-23-12(2)22-16(24-18)14-5-3-4-8-19-14/h3-8,10-11,26H,9H2,1-2H3,(H,20,21)(H,22,23,24,25,27)/t11-/m1/s1. The Morgan fingerprint density at radius 1 is 1.15 bits per heavy atom. The normalized spacial score (nSPS) is 11.7. The van der Waals surface area contributed by atoms with Gasteiger partial charge >= 0.3 is 0 Å². The van der Waals surface area contributed by atoms with Crippen molar-refractivity contribution in [2.24, 2.45) is 0 Å². The van der Waals surface area contributed by atoms with E-state index in [2.05, 4.69) is 35.6 Å². The number of carbonyl (C=O) groups excluding carboxylic acids is 1. The molecule has 1 amide bonds. The average Bonchev–Trinajstić information content (AvgIpc) is 2.67. The van der Waals surface area contributed by atoms with E-state index in [-0.39, 0.29) is 11.9 Å². The Hall–Kier alpha value is -3.46. The molecule has 0 aromatic carbocycles. The predicted molar refractivity (Wildman–Crippen MR) is 100 cm³/mol. The number of pyridine rings is 2. The van der Waals surface area contributed by atoms with Crippen molar-refractivity contribution in [1.82, 2.24) is 24.9 Å². The van der Waals surface area contributed by atoms with Crippen LogP contribution < -0.4 is 10.6 Å². The van der Waals surface area contributed by atoms with Crippen LogP contribution in [-0.2, 0) is 0 Å². The fourth-order valence-electron chi connectivity index (χ4n) is 2.21. The van der Waals surface area contributed by atoms with Crippen molar-refractivity contribution in [3.63, 3.8) is 0 Å². The van der Waals surface area contributed by atoms with Crippen LogP contribution in [0.25, 0.3) is 11.5 Å². The molecule has 138 valence electrons. The number of rotatable bonds is 6. The Balaban J connectivity index is 1.73. The molecule has 0 fully saturated rings. The SMILES string of the molecule is Cc1nc(NC(=O)c2ccc(NC[C@@H](C)O)nc2)nc(-c2ccccn2)n1. The van der Waals surface area contributed by atoms with Gasteiger partial charge in [0.2, 0.25) is 5.95 Å². The number of aliphatic hydroxyl groups is 1. The van der Waals surface area contributed by atoms with Gasteiger partial charge in [0.1, 0.15) is 17.3 Å². The summed E-state index contributed by atoms with van der Waals surface area (Å²) in [5, 5.41) is 14.9. The number of hydrogen-bond donors (Lipinski definition) is 3. The fourth-order valence-corrected chi connectivity index (χ4v) is 2.21. The summed E-state index contributed by atoms with van der Waals surface area (Å²) in [4.78, 5) is 33.4. The summed E-state index contributed by atoms with van der Waals surface area (Å²) >= 11 is 0. The van der Waals surface area contributed by atoms with E-state index in [1.807, 2.05) is 6.07 Å². The van der Waals surface area contributed by atoms with Gasteiger partial charge in [-0.15, -0.1) is 0 Å². The van der Waals surface area contributed by atoms with E-state index >= 15 is 0 Å². The van der Waals surface area contributed by atoms with Crippen molar-refractivity contribution in [2.45, 2.75) is 20.0 Å². The first kappa shape index (κ1) is 18.3. The van der Waals surface area contributed by atoms with E-state index in [9.17, 15) is 9.90 Å². The lowest BCUT2D eigenvalue weighted by atomic mass is 10.2. The monoisotopic (exact) mass is 365 g/mol. The van der Waals surface area contributed by atoms with Gasteiger partial charge in [-0.2, -0.15) is 9.97 Å². The van der Waals surface area contributed by atoms with Crippen LogP contribution in [-0.4, -0.2) is 48.6 Å². The van der Waals surface area contributed by atoms with Crippen LogP contribution in [0.5, 0.6) is 0 Å². The third-order valence-corrected chi connectivity index (χ3v) is 3.47. The zero-order valence-electron chi connectivity index (χ0n) is 14.9. The smallest absolute Gasteiger partial charge is 0.259 e. The molecule has 3 rings (SSSR count). The zero-order chi connectivity index (χ0) is 19.2. The third kappa shape index (κ3) is 5.02. The second-order valence-electron chi connectivity index (χ2n) is 5.86. The Labute approximate surface area is 156 Å². The summed E-state index contributed by atoms with van der Waals surface area (Å²) in [5.74, 6) is 1.18. The number of hydrogen-bond acceptors (Lipinski definition) is 8. The van der Waals surface area contributed by atoms with E-state index in [0.717, 1.165) is 0 Å². The highest BCUT2D eigenvalue weighted by Crippen LogP contribution is 2.14. The molecule has 3 aromatic rings. The molecule has 9 heteroatoms. The Morgan fingerprint density at radius 2 is 2.00 bits per heavy atom. The van der Waals surface area contributed by atoms with Crippen molar-refractivity contribution < 1.29 is 9.90 Å². The number of aliphatic hydroxyl groups excluding tert-OH is 1. The summed E-state index contributed by atoms with van der Waals surface area (Å²) < 4.78 is 0. The molecular formula is C18H19N7O2. The molecule has 3 aromatic heterocycles. The number of anilines is 2. The largest absolute Gasteiger partial charge is 0.392 e. The molecular weight excluding hydrogens is 346 g/mol. The number of nitrogens with one attached hydrogen (secondary N) is 2. The molecule has 0 spiro atoms. The predicted octanol–water partition coefficient (Wildman–Crippen LogP) is 1.68. The fraction of sp³-hybridized carbons (Fsp3) is 0.222. The van der Waals surface area contributed by atoms with Crippen LogP contribution in [0, 0.1) is 6.92 Å². The maximum absolute atomic E-state index is 12.4. The Kier molecular flexibility index (Phi) is 5.62. The first-order chi connectivity index (χ1) is 13.0. The maximum Gasteiger partial charge on any atom is 0.259 e. The summed E-state index contributed by atoms with van der Waals surface area (Å²) in [7, 11) is 0. The molecule has 0 aliphatic rings. The molecule has 9 nitrogen and oxygen atoms in total. The number of nitrogens with zero attached hydrogens (tertiary/aromatic N) is 5. The highest BCUT2D eigenvalue weighted by molar-refractivity contribution is 6.03. The maximum atomic E-state index is 12.4. The number of carbonyl (C=O) groups is 1. The number of aromatic nitrogens is 5. The van der Waals surface area contributed by atoms with Gasteiger partial charge in [-0.25, -0.2) is 9.97 Å². The first-order valence-corrected chi connectivity index (χ1v) is 8.34. The molecule has 0 unspecified atom stereocenters. The zero-order valence-corrected chi connectivity index (χ0v) is 14.9. The van der Waals surface area contributed by atoms with Crippen LogP contribution >= 0.6 is 0 Å². The van der Waals surface area contributed by atoms with Crippen molar-refractivity contribution in [3.8, 4) is 11.5 Å². The van der Waals surface area contributed by atoms with Crippen LogP contribution in [0.1, 0.15) is 23.1 Å². The minimum atomic E-state index is -0.491. The summed E-state index contributed by atoms with van der Waals surface area (Å²) in [5.41, 5.74) is 0.948. The third-order valence-electron chi connectivity index (χ3n) is 3.47. The van der Waals surface area contributed by atoms with Gasteiger partial charge < -0.3 is 10.4 Å². The summed E-state index contributed by atoms with van der Waals surface area (Å²) in [6.45, 7) is 3.76. The highest BCUT2D eigenvalue weighted by atomic mass is 16.3. The highest BCUT2D eigenvalue weighted by Gasteiger charge is 2.12. The Bertz CT molecular complexity index is 915. The Morgan fingerprint density at radius 3 is 2.67 bits per heavy atom. The van der Waals surface area contributed by atoms with Crippen molar-refractivity contribution >= 4 is 17.7 Å².